The standard InChI is InChI=1S/C25H22F3N3O3S/c26-25(27,28)22(18-7-2-1-3-8-18)30-21(23(32)31-24(16-29)12-13-24)15-35(33,34)20-11-10-17-6-4-5-9-19(17)14-20/h1-11,14,21-22,30H,12-13,15H2,(H,31,32)/t21-,22-/m0/s1. The number of fused-ring (bicyclic) bond motifs is 1. The molecule has 10 heteroatoms. The zero-order chi connectivity index (χ0) is 25.3. The van der Waals surface area contributed by atoms with Crippen molar-refractivity contribution in [1.82, 2.24) is 10.6 Å². The molecule has 0 aliphatic heterocycles. The van der Waals surface area contributed by atoms with E-state index in [9.17, 15) is 31.6 Å². The summed E-state index contributed by atoms with van der Waals surface area (Å²) in [6, 6.07) is 16.2. The second kappa shape index (κ2) is 9.32. The largest absolute Gasteiger partial charge is 0.407 e. The molecule has 1 amide bonds. The van der Waals surface area contributed by atoms with Gasteiger partial charge in [0.1, 0.15) is 17.6 Å². The van der Waals surface area contributed by atoms with Crippen LogP contribution in [-0.2, 0) is 14.6 Å². The molecule has 0 unspecified atom stereocenters. The Morgan fingerprint density at radius 3 is 2.23 bits per heavy atom. The van der Waals surface area contributed by atoms with Crippen LogP contribution < -0.4 is 10.6 Å². The lowest BCUT2D eigenvalue weighted by atomic mass is 10.1. The fraction of sp³-hybridized carbons (Fsp3) is 0.280. The van der Waals surface area contributed by atoms with Crippen molar-refractivity contribution < 1.29 is 26.4 Å². The molecule has 1 aliphatic rings. The highest BCUT2D eigenvalue weighted by atomic mass is 32.2. The van der Waals surface area contributed by atoms with Crippen LogP contribution in [0, 0.1) is 11.3 Å². The summed E-state index contributed by atoms with van der Waals surface area (Å²) >= 11 is 0. The monoisotopic (exact) mass is 501 g/mol. The fourth-order valence-corrected chi connectivity index (χ4v) is 5.28. The van der Waals surface area contributed by atoms with Gasteiger partial charge in [0.25, 0.3) is 0 Å². The van der Waals surface area contributed by atoms with Crippen molar-refractivity contribution in [2.75, 3.05) is 5.75 Å². The Morgan fingerprint density at radius 2 is 1.63 bits per heavy atom. The van der Waals surface area contributed by atoms with E-state index in [1.165, 1.54) is 36.4 Å². The van der Waals surface area contributed by atoms with Gasteiger partial charge in [-0.15, -0.1) is 0 Å². The number of nitrogens with one attached hydrogen (secondary N) is 2. The summed E-state index contributed by atoms with van der Waals surface area (Å²) < 4.78 is 68.4. The normalized spacial score (nSPS) is 16.7. The number of alkyl halides is 3. The quantitative estimate of drug-likeness (QED) is 0.485. The summed E-state index contributed by atoms with van der Waals surface area (Å²) in [6.45, 7) is 0. The second-order valence-corrected chi connectivity index (χ2v) is 10.6. The van der Waals surface area contributed by atoms with Gasteiger partial charge in [-0.3, -0.25) is 10.1 Å². The average molecular weight is 502 g/mol. The van der Waals surface area contributed by atoms with Crippen LogP contribution in [0.3, 0.4) is 0 Å². The number of carbonyl (C=O) groups excluding carboxylic acids is 1. The highest BCUT2D eigenvalue weighted by Gasteiger charge is 2.48. The average Bonchev–Trinajstić information content (AvgIpc) is 3.60. The van der Waals surface area contributed by atoms with Crippen molar-refractivity contribution in [2.45, 2.75) is 41.5 Å². The van der Waals surface area contributed by atoms with Gasteiger partial charge in [0.15, 0.2) is 9.84 Å². The zero-order valence-corrected chi connectivity index (χ0v) is 19.2. The lowest BCUT2D eigenvalue weighted by molar-refractivity contribution is -0.160. The molecule has 0 radical (unpaired) electrons. The third kappa shape index (κ3) is 5.63. The van der Waals surface area contributed by atoms with Crippen LogP contribution in [0.1, 0.15) is 24.4 Å². The van der Waals surface area contributed by atoms with Gasteiger partial charge in [0, 0.05) is 0 Å². The Labute approximate surface area is 200 Å². The smallest absolute Gasteiger partial charge is 0.336 e. The molecule has 35 heavy (non-hydrogen) atoms. The van der Waals surface area contributed by atoms with E-state index >= 15 is 0 Å². The molecule has 0 heterocycles. The van der Waals surface area contributed by atoms with Crippen LogP contribution in [-0.4, -0.2) is 37.8 Å². The first kappa shape index (κ1) is 24.7. The first-order chi connectivity index (χ1) is 16.5. The van der Waals surface area contributed by atoms with Crippen LogP contribution in [0.15, 0.2) is 77.7 Å². The van der Waals surface area contributed by atoms with Crippen LogP contribution in [0.25, 0.3) is 10.8 Å². The number of nitrogens with zero attached hydrogens (tertiary/aromatic N) is 1. The minimum Gasteiger partial charge on any atom is -0.336 e. The minimum atomic E-state index is -4.81. The van der Waals surface area contributed by atoms with Crippen molar-refractivity contribution >= 4 is 26.5 Å². The predicted molar refractivity (Wildman–Crippen MR) is 124 cm³/mol. The number of rotatable bonds is 8. The van der Waals surface area contributed by atoms with Crippen LogP contribution in [0.5, 0.6) is 0 Å². The molecule has 0 bridgehead atoms. The Morgan fingerprint density at radius 1 is 1.00 bits per heavy atom. The number of amides is 1. The molecule has 1 fully saturated rings. The Balaban J connectivity index is 1.68. The van der Waals surface area contributed by atoms with Crippen molar-refractivity contribution in [3.8, 4) is 6.07 Å². The molecule has 3 aromatic rings. The van der Waals surface area contributed by atoms with E-state index in [1.54, 1.807) is 36.4 Å². The molecular formula is C25H22F3N3O3S. The van der Waals surface area contributed by atoms with E-state index in [0.717, 1.165) is 5.39 Å². The van der Waals surface area contributed by atoms with Crippen LogP contribution >= 0.6 is 0 Å². The maximum absolute atomic E-state index is 14.0. The lowest BCUT2D eigenvalue weighted by Crippen LogP contribution is -2.54. The molecule has 0 aromatic heterocycles. The molecule has 6 nitrogen and oxygen atoms in total. The van der Waals surface area contributed by atoms with Crippen molar-refractivity contribution in [2.24, 2.45) is 0 Å². The van der Waals surface area contributed by atoms with Crippen molar-refractivity contribution in [1.29, 1.82) is 5.26 Å². The van der Waals surface area contributed by atoms with E-state index in [1.807, 2.05) is 6.07 Å². The summed E-state index contributed by atoms with van der Waals surface area (Å²) in [5.41, 5.74) is -1.34. The van der Waals surface area contributed by atoms with Gasteiger partial charge in [0.2, 0.25) is 5.91 Å². The first-order valence-corrected chi connectivity index (χ1v) is 12.5. The Bertz CT molecular complexity index is 1380. The highest BCUT2D eigenvalue weighted by Crippen LogP contribution is 2.36. The summed E-state index contributed by atoms with van der Waals surface area (Å²) in [7, 11) is -4.18. The molecule has 1 saturated carbocycles. The van der Waals surface area contributed by atoms with E-state index < -0.39 is 45.3 Å². The number of halogens is 3. The highest BCUT2D eigenvalue weighted by molar-refractivity contribution is 7.91. The molecule has 0 spiro atoms. The van der Waals surface area contributed by atoms with Crippen molar-refractivity contribution in [3.63, 3.8) is 0 Å². The topological polar surface area (TPSA) is 99.1 Å². The summed E-state index contributed by atoms with van der Waals surface area (Å²) in [6.07, 6.45) is -4.11. The fourth-order valence-electron chi connectivity index (χ4n) is 3.82. The van der Waals surface area contributed by atoms with E-state index in [-0.39, 0.29) is 10.5 Å². The number of carbonyl (C=O) groups is 1. The first-order valence-electron chi connectivity index (χ1n) is 10.9. The van der Waals surface area contributed by atoms with Gasteiger partial charge in [-0.1, -0.05) is 60.7 Å². The molecule has 0 saturated heterocycles. The minimum absolute atomic E-state index is 0.111. The summed E-state index contributed by atoms with van der Waals surface area (Å²) in [4.78, 5) is 12.9. The maximum Gasteiger partial charge on any atom is 0.407 e. The van der Waals surface area contributed by atoms with Gasteiger partial charge in [-0.2, -0.15) is 18.4 Å². The number of hydrogen-bond acceptors (Lipinski definition) is 5. The second-order valence-electron chi connectivity index (χ2n) is 8.58. The van der Waals surface area contributed by atoms with Gasteiger partial charge in [-0.25, -0.2) is 8.42 Å². The predicted octanol–water partition coefficient (Wildman–Crippen LogP) is 4.05. The SMILES string of the molecule is N#CC1(NC(=O)[C@H](CS(=O)(=O)c2ccc3ccccc3c2)N[C@@H](c2ccccc2)C(F)(F)F)CC1. The molecule has 182 valence electrons. The molecule has 1 aliphatic carbocycles. The Kier molecular flexibility index (Phi) is 6.58. The summed E-state index contributed by atoms with van der Waals surface area (Å²) in [5.74, 6) is -1.89. The number of nitriles is 1. The van der Waals surface area contributed by atoms with E-state index in [2.05, 4.69) is 10.6 Å². The summed E-state index contributed by atoms with van der Waals surface area (Å²) in [5, 5.41) is 15.4. The van der Waals surface area contributed by atoms with E-state index in [4.69, 9.17) is 0 Å². The molecule has 2 N–H and O–H groups in total. The van der Waals surface area contributed by atoms with Gasteiger partial charge in [-0.05, 0) is 41.3 Å². The van der Waals surface area contributed by atoms with Gasteiger partial charge in [0.05, 0.1) is 16.7 Å². The zero-order valence-electron chi connectivity index (χ0n) is 18.4. The number of benzene rings is 3. The molecule has 3 aromatic carbocycles. The van der Waals surface area contributed by atoms with Crippen LogP contribution in [0.4, 0.5) is 13.2 Å². The van der Waals surface area contributed by atoms with Gasteiger partial charge >= 0.3 is 6.18 Å². The van der Waals surface area contributed by atoms with E-state index in [0.29, 0.717) is 18.2 Å². The number of hydrogen-bond donors (Lipinski definition) is 2. The third-order valence-electron chi connectivity index (χ3n) is 5.94. The number of sulfone groups is 1. The van der Waals surface area contributed by atoms with Gasteiger partial charge < -0.3 is 5.32 Å². The van der Waals surface area contributed by atoms with Crippen LogP contribution in [0.2, 0.25) is 0 Å². The molecule has 4 rings (SSSR count). The Hall–Kier alpha value is -3.42. The maximum atomic E-state index is 14.0. The lowest BCUT2D eigenvalue weighted by Gasteiger charge is -2.28. The third-order valence-corrected chi connectivity index (χ3v) is 7.68. The molecular weight excluding hydrogens is 479 g/mol. The molecule has 2 atom stereocenters. The van der Waals surface area contributed by atoms with Crippen molar-refractivity contribution in [3.05, 3.63) is 78.4 Å².